The fourth-order valence-corrected chi connectivity index (χ4v) is 4.33. The lowest BCUT2D eigenvalue weighted by Crippen LogP contribution is -2.48. The van der Waals surface area contributed by atoms with E-state index in [4.69, 9.17) is 4.52 Å². The average Bonchev–Trinajstić information content (AvgIpc) is 3.52. The van der Waals surface area contributed by atoms with Crippen molar-refractivity contribution in [1.82, 2.24) is 29.3 Å². The van der Waals surface area contributed by atoms with Crippen LogP contribution in [0.5, 0.6) is 0 Å². The van der Waals surface area contributed by atoms with Gasteiger partial charge in [-0.3, -0.25) is 9.69 Å². The number of aryl methyl sites for hydroxylation is 1. The van der Waals surface area contributed by atoms with Crippen LogP contribution >= 0.6 is 11.3 Å². The molecule has 4 aromatic heterocycles. The van der Waals surface area contributed by atoms with Gasteiger partial charge in [-0.2, -0.15) is 4.98 Å². The monoisotopic (exact) mass is 422 g/mol. The van der Waals surface area contributed by atoms with Crippen LogP contribution in [0.2, 0.25) is 0 Å². The smallest absolute Gasteiger partial charge is 0.227 e. The number of imidazole rings is 1. The van der Waals surface area contributed by atoms with Crippen molar-refractivity contribution in [2.75, 3.05) is 26.2 Å². The van der Waals surface area contributed by atoms with Gasteiger partial charge in [-0.1, -0.05) is 17.3 Å². The van der Waals surface area contributed by atoms with Gasteiger partial charge < -0.3 is 13.8 Å². The lowest BCUT2D eigenvalue weighted by atomic mass is 10.2. The largest absolute Gasteiger partial charge is 0.340 e. The van der Waals surface area contributed by atoms with Gasteiger partial charge >= 0.3 is 0 Å². The highest BCUT2D eigenvalue weighted by Crippen LogP contribution is 2.21. The molecule has 0 atom stereocenters. The molecule has 0 aliphatic carbocycles. The van der Waals surface area contributed by atoms with Crippen LogP contribution in [0.1, 0.15) is 18.0 Å². The zero-order valence-corrected chi connectivity index (χ0v) is 17.3. The summed E-state index contributed by atoms with van der Waals surface area (Å²) in [6, 6.07) is 9.91. The molecule has 9 heteroatoms. The first-order valence-electron chi connectivity index (χ1n) is 10.0. The van der Waals surface area contributed by atoms with Gasteiger partial charge in [0.05, 0.1) is 10.6 Å². The number of aromatic nitrogens is 4. The van der Waals surface area contributed by atoms with E-state index in [2.05, 4.69) is 26.2 Å². The number of fused-ring (bicyclic) bond motifs is 1. The molecule has 0 aromatic carbocycles. The van der Waals surface area contributed by atoms with Crippen LogP contribution in [-0.4, -0.2) is 61.4 Å². The molecule has 154 valence electrons. The Bertz CT molecular complexity index is 1090. The van der Waals surface area contributed by atoms with Gasteiger partial charge in [0, 0.05) is 58.0 Å². The number of amides is 1. The minimum Gasteiger partial charge on any atom is -0.340 e. The Balaban J connectivity index is 1.10. The van der Waals surface area contributed by atoms with E-state index in [0.29, 0.717) is 24.6 Å². The highest BCUT2D eigenvalue weighted by molar-refractivity contribution is 7.13. The van der Waals surface area contributed by atoms with Crippen LogP contribution in [0.3, 0.4) is 0 Å². The van der Waals surface area contributed by atoms with Gasteiger partial charge in [-0.25, -0.2) is 4.98 Å². The Labute approximate surface area is 177 Å². The third-order valence-corrected chi connectivity index (χ3v) is 6.15. The summed E-state index contributed by atoms with van der Waals surface area (Å²) >= 11 is 1.57. The molecule has 0 bridgehead atoms. The summed E-state index contributed by atoms with van der Waals surface area (Å²) in [6.45, 7) is 3.97. The Morgan fingerprint density at radius 3 is 2.80 bits per heavy atom. The molecular weight excluding hydrogens is 400 g/mol. The van der Waals surface area contributed by atoms with Gasteiger partial charge in [0.1, 0.15) is 5.65 Å². The second-order valence-electron chi connectivity index (χ2n) is 7.34. The number of nitrogens with zero attached hydrogens (tertiary/aromatic N) is 6. The first-order chi connectivity index (χ1) is 14.7. The lowest BCUT2D eigenvalue weighted by molar-refractivity contribution is -0.133. The number of hydrogen-bond donors (Lipinski definition) is 0. The number of pyridine rings is 1. The van der Waals surface area contributed by atoms with Crippen molar-refractivity contribution in [2.45, 2.75) is 19.4 Å². The third-order valence-electron chi connectivity index (χ3n) is 5.29. The number of thiophene rings is 1. The molecule has 0 radical (unpaired) electrons. The minimum atomic E-state index is 0.137. The lowest BCUT2D eigenvalue weighted by Gasteiger charge is -2.34. The molecule has 1 aliphatic rings. The summed E-state index contributed by atoms with van der Waals surface area (Å²) in [5, 5.41) is 5.98. The summed E-state index contributed by atoms with van der Waals surface area (Å²) in [5.41, 5.74) is 2.02. The highest BCUT2D eigenvalue weighted by Gasteiger charge is 2.22. The molecule has 8 nitrogen and oxygen atoms in total. The molecule has 30 heavy (non-hydrogen) atoms. The van der Waals surface area contributed by atoms with Crippen molar-refractivity contribution < 1.29 is 9.32 Å². The standard InChI is InChI=1S/C21H22N6O2S/c28-20(7-6-19-23-21(24-29-19)17-4-3-13-30-17)26-11-9-25(10-12-26)14-16-15-27-8-2-1-5-18(27)22-16/h1-5,8,13,15H,6-7,9-12,14H2. The van der Waals surface area contributed by atoms with Crippen molar-refractivity contribution in [3.05, 3.63) is 59.7 Å². The summed E-state index contributed by atoms with van der Waals surface area (Å²) in [7, 11) is 0. The molecule has 4 aromatic rings. The molecule has 5 heterocycles. The molecule has 0 unspecified atom stereocenters. The van der Waals surface area contributed by atoms with Crippen LogP contribution < -0.4 is 0 Å². The average molecular weight is 423 g/mol. The van der Waals surface area contributed by atoms with Crippen molar-refractivity contribution in [3.63, 3.8) is 0 Å². The summed E-state index contributed by atoms with van der Waals surface area (Å²) < 4.78 is 7.33. The molecule has 1 saturated heterocycles. The van der Waals surface area contributed by atoms with Crippen LogP contribution in [0.4, 0.5) is 0 Å². The Morgan fingerprint density at radius 1 is 1.10 bits per heavy atom. The van der Waals surface area contributed by atoms with Crippen LogP contribution in [0.15, 0.2) is 52.6 Å². The van der Waals surface area contributed by atoms with Crippen molar-refractivity contribution in [1.29, 1.82) is 0 Å². The normalized spacial score (nSPS) is 15.1. The van der Waals surface area contributed by atoms with E-state index < -0.39 is 0 Å². The highest BCUT2D eigenvalue weighted by atomic mass is 32.1. The molecular formula is C21H22N6O2S. The quantitative estimate of drug-likeness (QED) is 0.475. The van der Waals surface area contributed by atoms with E-state index in [0.717, 1.165) is 48.9 Å². The maximum absolute atomic E-state index is 12.6. The van der Waals surface area contributed by atoms with Crippen molar-refractivity contribution >= 4 is 22.9 Å². The van der Waals surface area contributed by atoms with Gasteiger partial charge in [0.15, 0.2) is 0 Å². The van der Waals surface area contributed by atoms with Gasteiger partial charge in [-0.15, -0.1) is 11.3 Å². The summed E-state index contributed by atoms with van der Waals surface area (Å²) in [4.78, 5) is 26.9. The van der Waals surface area contributed by atoms with Crippen LogP contribution in [0, 0.1) is 0 Å². The molecule has 1 aliphatic heterocycles. The SMILES string of the molecule is O=C(CCc1nc(-c2cccs2)no1)N1CCN(Cc2cn3ccccc3n2)CC1. The summed E-state index contributed by atoms with van der Waals surface area (Å²) in [6.07, 6.45) is 4.94. The van der Waals surface area contributed by atoms with E-state index >= 15 is 0 Å². The van der Waals surface area contributed by atoms with E-state index in [1.165, 1.54) is 0 Å². The second-order valence-corrected chi connectivity index (χ2v) is 8.29. The Hall–Kier alpha value is -3.04. The maximum Gasteiger partial charge on any atom is 0.227 e. The zero-order valence-electron chi connectivity index (χ0n) is 16.5. The van der Waals surface area contributed by atoms with Crippen LogP contribution in [0.25, 0.3) is 16.3 Å². The second kappa shape index (κ2) is 8.37. The van der Waals surface area contributed by atoms with Crippen molar-refractivity contribution in [2.24, 2.45) is 0 Å². The van der Waals surface area contributed by atoms with Crippen LogP contribution in [-0.2, 0) is 17.8 Å². The first-order valence-corrected chi connectivity index (χ1v) is 10.9. The predicted molar refractivity (Wildman–Crippen MR) is 113 cm³/mol. The number of rotatable bonds is 6. The number of piperazine rings is 1. The van der Waals surface area contributed by atoms with Gasteiger partial charge in [-0.05, 0) is 23.6 Å². The van der Waals surface area contributed by atoms with Crippen molar-refractivity contribution in [3.8, 4) is 10.7 Å². The third kappa shape index (κ3) is 4.12. The fraction of sp³-hybridized carbons (Fsp3) is 0.333. The zero-order chi connectivity index (χ0) is 20.3. The van der Waals surface area contributed by atoms with Gasteiger partial charge in [0.2, 0.25) is 17.6 Å². The number of carbonyl (C=O) groups excluding carboxylic acids is 1. The number of hydrogen-bond acceptors (Lipinski definition) is 7. The maximum atomic E-state index is 12.6. The first kappa shape index (κ1) is 19.0. The molecule has 0 saturated carbocycles. The van der Waals surface area contributed by atoms with E-state index in [9.17, 15) is 4.79 Å². The Kier molecular flexibility index (Phi) is 5.29. The summed E-state index contributed by atoms with van der Waals surface area (Å²) in [5.74, 6) is 1.24. The van der Waals surface area contributed by atoms with Gasteiger partial charge in [0.25, 0.3) is 0 Å². The topological polar surface area (TPSA) is 79.8 Å². The molecule has 0 N–H and O–H groups in total. The van der Waals surface area contributed by atoms with E-state index in [-0.39, 0.29) is 5.91 Å². The molecule has 1 fully saturated rings. The fourth-order valence-electron chi connectivity index (χ4n) is 3.68. The minimum absolute atomic E-state index is 0.137. The van der Waals surface area contributed by atoms with E-state index in [1.807, 2.05) is 51.2 Å². The molecule has 1 amide bonds. The number of carbonyl (C=O) groups is 1. The Morgan fingerprint density at radius 2 is 2.00 bits per heavy atom. The predicted octanol–water partition coefficient (Wildman–Crippen LogP) is 2.72. The molecule has 0 spiro atoms. The molecule has 5 rings (SSSR count). The van der Waals surface area contributed by atoms with E-state index in [1.54, 1.807) is 11.3 Å².